The van der Waals surface area contributed by atoms with Gasteiger partial charge in [0, 0.05) is 29.8 Å². The fraction of sp³-hybridized carbons (Fsp3) is 0.406. The van der Waals surface area contributed by atoms with E-state index in [0.717, 1.165) is 33.5 Å². The second kappa shape index (κ2) is 12.9. The predicted molar refractivity (Wildman–Crippen MR) is 151 cm³/mol. The molecule has 208 valence electrons. The Bertz CT molecular complexity index is 1290. The van der Waals surface area contributed by atoms with Gasteiger partial charge in [-0.25, -0.2) is 9.18 Å². The van der Waals surface area contributed by atoms with E-state index in [1.54, 1.807) is 12.1 Å². The first kappa shape index (κ1) is 29.8. The molecule has 0 bridgehead atoms. The van der Waals surface area contributed by atoms with Crippen molar-refractivity contribution in [3.05, 3.63) is 82.4 Å². The van der Waals surface area contributed by atoms with Crippen molar-refractivity contribution in [3.63, 3.8) is 0 Å². The predicted octanol–water partition coefficient (Wildman–Crippen LogP) is 7.27. The van der Waals surface area contributed by atoms with Gasteiger partial charge in [-0.1, -0.05) is 55.8 Å². The van der Waals surface area contributed by atoms with Crippen LogP contribution in [0.3, 0.4) is 0 Å². The first-order valence-corrected chi connectivity index (χ1v) is 13.3. The van der Waals surface area contributed by atoms with E-state index in [1.807, 2.05) is 58.9 Å². The molecule has 0 saturated heterocycles. The van der Waals surface area contributed by atoms with E-state index in [4.69, 9.17) is 14.5 Å². The van der Waals surface area contributed by atoms with Gasteiger partial charge in [0.1, 0.15) is 11.4 Å². The monoisotopic (exact) mass is 534 g/mol. The third kappa shape index (κ3) is 8.91. The molecule has 7 heteroatoms. The Kier molecular flexibility index (Phi) is 9.84. The number of aromatic nitrogens is 1. The number of hydrogen-bond acceptors (Lipinski definition) is 5. The summed E-state index contributed by atoms with van der Waals surface area (Å²) in [5.41, 5.74) is 5.10. The number of nitrogens with zero attached hydrogens (tertiary/aromatic N) is 1. The lowest BCUT2D eigenvalue weighted by Gasteiger charge is -2.23. The minimum Gasteiger partial charge on any atom is -0.444 e. The number of hydrogen-bond donors (Lipinski definition) is 1. The molecule has 0 radical (unpaired) electrons. The molecular weight excluding hydrogens is 495 g/mol. The summed E-state index contributed by atoms with van der Waals surface area (Å²) in [6.07, 6.45) is 0.692. The summed E-state index contributed by atoms with van der Waals surface area (Å²) in [4.78, 5) is 30.4. The molecular formula is C32H39FN2O4. The van der Waals surface area contributed by atoms with Crippen molar-refractivity contribution >= 4 is 12.1 Å². The van der Waals surface area contributed by atoms with Crippen molar-refractivity contribution in [1.82, 2.24) is 10.3 Å². The number of pyridine rings is 1. The first-order chi connectivity index (χ1) is 18.3. The minimum atomic E-state index is -0.638. The largest absolute Gasteiger partial charge is 0.444 e. The number of esters is 1. The Morgan fingerprint density at radius 1 is 1.00 bits per heavy atom. The van der Waals surface area contributed by atoms with Crippen molar-refractivity contribution < 1.29 is 23.5 Å². The van der Waals surface area contributed by atoms with Crippen LogP contribution in [0.4, 0.5) is 9.18 Å². The van der Waals surface area contributed by atoms with Crippen molar-refractivity contribution in [1.29, 1.82) is 0 Å². The average molecular weight is 535 g/mol. The van der Waals surface area contributed by atoms with Crippen LogP contribution in [0.25, 0.3) is 11.1 Å². The molecule has 1 heterocycles. The van der Waals surface area contributed by atoms with Crippen LogP contribution in [0.2, 0.25) is 0 Å². The number of halogens is 1. The molecule has 6 nitrogen and oxygen atoms in total. The number of ether oxygens (including phenoxy) is 2. The fourth-order valence-corrected chi connectivity index (χ4v) is 4.22. The van der Waals surface area contributed by atoms with E-state index < -0.39 is 17.7 Å². The first-order valence-electron chi connectivity index (χ1n) is 13.3. The lowest BCUT2D eigenvalue weighted by atomic mass is 9.93. The lowest BCUT2D eigenvalue weighted by molar-refractivity contribution is -0.134. The molecule has 1 amide bonds. The Morgan fingerprint density at radius 3 is 2.23 bits per heavy atom. The molecule has 0 saturated carbocycles. The summed E-state index contributed by atoms with van der Waals surface area (Å²) in [6, 6.07) is 14.0. The number of amides is 1. The van der Waals surface area contributed by atoms with Gasteiger partial charge in [-0.05, 0) is 76.6 Å². The molecule has 3 rings (SSSR count). The zero-order chi connectivity index (χ0) is 28.7. The maximum atomic E-state index is 13.3. The second-order valence-corrected chi connectivity index (χ2v) is 11.2. The molecule has 0 spiro atoms. The molecule has 2 aromatic carbocycles. The number of benzene rings is 2. The summed E-state index contributed by atoms with van der Waals surface area (Å²) in [7, 11) is 0. The molecule has 0 aliphatic heterocycles. The summed E-state index contributed by atoms with van der Waals surface area (Å²) >= 11 is 0. The smallest absolute Gasteiger partial charge is 0.407 e. The van der Waals surface area contributed by atoms with E-state index in [0.29, 0.717) is 30.2 Å². The topological polar surface area (TPSA) is 77.5 Å². The standard InChI is InChI=1S/C32H39FN2O4/c1-20(2)18-27-26(19-34-31(37)39-32(5,6)7)29(24-13-8-21(3)9-14-24)30(22(4)35-27)38-28(36)17-12-23-10-15-25(33)16-11-23/h8-11,13-16,20H,12,17-19H2,1-7H3,(H,34,37). The third-order valence-electron chi connectivity index (χ3n) is 6.01. The summed E-state index contributed by atoms with van der Waals surface area (Å²) in [5.74, 6) is -0.0522. The Morgan fingerprint density at radius 2 is 1.64 bits per heavy atom. The van der Waals surface area contributed by atoms with E-state index in [1.165, 1.54) is 12.1 Å². The van der Waals surface area contributed by atoms with Gasteiger partial charge < -0.3 is 14.8 Å². The van der Waals surface area contributed by atoms with Gasteiger partial charge in [0.25, 0.3) is 0 Å². The van der Waals surface area contributed by atoms with Gasteiger partial charge in [0.15, 0.2) is 5.75 Å². The number of nitrogens with one attached hydrogen (secondary N) is 1. The van der Waals surface area contributed by atoms with Crippen LogP contribution < -0.4 is 10.1 Å². The Balaban J connectivity index is 2.02. The zero-order valence-electron chi connectivity index (χ0n) is 24.0. The van der Waals surface area contributed by atoms with Gasteiger partial charge >= 0.3 is 12.1 Å². The highest BCUT2D eigenvalue weighted by molar-refractivity contribution is 5.81. The quantitative estimate of drug-likeness (QED) is 0.292. The number of alkyl carbamates (subject to hydrolysis) is 1. The highest BCUT2D eigenvalue weighted by Crippen LogP contribution is 2.38. The summed E-state index contributed by atoms with van der Waals surface area (Å²) in [5, 5.41) is 2.87. The van der Waals surface area contributed by atoms with E-state index in [-0.39, 0.29) is 18.8 Å². The van der Waals surface area contributed by atoms with Crippen LogP contribution in [0.5, 0.6) is 5.75 Å². The van der Waals surface area contributed by atoms with Crippen LogP contribution in [0.15, 0.2) is 48.5 Å². The highest BCUT2D eigenvalue weighted by Gasteiger charge is 2.24. The SMILES string of the molecule is Cc1ccc(-c2c(CNC(=O)OC(C)(C)C)c(CC(C)C)nc(C)c2OC(=O)CCc2ccc(F)cc2)cc1. The van der Waals surface area contributed by atoms with Crippen molar-refractivity contribution in [3.8, 4) is 16.9 Å². The highest BCUT2D eigenvalue weighted by atomic mass is 19.1. The van der Waals surface area contributed by atoms with Gasteiger partial charge in [0.05, 0.1) is 5.69 Å². The van der Waals surface area contributed by atoms with Gasteiger partial charge in [0.2, 0.25) is 0 Å². The maximum Gasteiger partial charge on any atom is 0.407 e. The summed E-state index contributed by atoms with van der Waals surface area (Å²) < 4.78 is 24.7. The minimum absolute atomic E-state index is 0.123. The van der Waals surface area contributed by atoms with Crippen molar-refractivity contribution in [2.45, 2.75) is 79.9 Å². The van der Waals surface area contributed by atoms with E-state index in [2.05, 4.69) is 19.2 Å². The average Bonchev–Trinajstić information content (AvgIpc) is 2.83. The van der Waals surface area contributed by atoms with Gasteiger partial charge in [-0.15, -0.1) is 0 Å². The van der Waals surface area contributed by atoms with Crippen molar-refractivity contribution in [2.75, 3.05) is 0 Å². The molecule has 0 fully saturated rings. The normalized spacial score (nSPS) is 11.4. The van der Waals surface area contributed by atoms with Crippen LogP contribution in [-0.4, -0.2) is 22.6 Å². The van der Waals surface area contributed by atoms with Gasteiger partial charge in [-0.3, -0.25) is 9.78 Å². The fourth-order valence-electron chi connectivity index (χ4n) is 4.22. The molecule has 1 N–H and O–H groups in total. The molecule has 0 unspecified atom stereocenters. The number of rotatable bonds is 9. The molecule has 0 aliphatic carbocycles. The molecule has 0 aliphatic rings. The third-order valence-corrected chi connectivity index (χ3v) is 6.01. The summed E-state index contributed by atoms with van der Waals surface area (Å²) in [6.45, 7) is 13.6. The van der Waals surface area contributed by atoms with Crippen LogP contribution in [0.1, 0.15) is 69.1 Å². The van der Waals surface area contributed by atoms with Gasteiger partial charge in [-0.2, -0.15) is 0 Å². The number of carbonyl (C=O) groups is 2. The molecule has 3 aromatic rings. The number of carbonyl (C=O) groups excluding carboxylic acids is 2. The Labute approximate surface area is 231 Å². The van der Waals surface area contributed by atoms with E-state index in [9.17, 15) is 14.0 Å². The molecule has 1 aromatic heterocycles. The van der Waals surface area contributed by atoms with Crippen LogP contribution >= 0.6 is 0 Å². The maximum absolute atomic E-state index is 13.3. The second-order valence-electron chi connectivity index (χ2n) is 11.2. The van der Waals surface area contributed by atoms with E-state index >= 15 is 0 Å². The number of aryl methyl sites for hydroxylation is 3. The lowest BCUT2D eigenvalue weighted by Crippen LogP contribution is -2.32. The Hall–Kier alpha value is -3.74. The van der Waals surface area contributed by atoms with Crippen LogP contribution in [0, 0.1) is 25.6 Å². The molecule has 0 atom stereocenters. The van der Waals surface area contributed by atoms with Crippen LogP contribution in [-0.2, 0) is 28.9 Å². The molecule has 39 heavy (non-hydrogen) atoms. The van der Waals surface area contributed by atoms with Crippen molar-refractivity contribution in [2.24, 2.45) is 5.92 Å². The zero-order valence-corrected chi connectivity index (χ0v) is 24.0.